The Morgan fingerprint density at radius 2 is 1.30 bits per heavy atom. The lowest BCUT2D eigenvalue weighted by Crippen LogP contribution is -2.38. The van der Waals surface area contributed by atoms with Crippen LogP contribution in [0.2, 0.25) is 0 Å². The van der Waals surface area contributed by atoms with E-state index < -0.39 is 10.5 Å². The molecule has 244 valence electrons. The van der Waals surface area contributed by atoms with Crippen LogP contribution in [0.25, 0.3) is 28.2 Å². The van der Waals surface area contributed by atoms with Crippen molar-refractivity contribution in [2.24, 2.45) is 0 Å². The fourth-order valence-electron chi connectivity index (χ4n) is 6.59. The molecule has 0 unspecified atom stereocenters. The molecule has 8 heteroatoms. The van der Waals surface area contributed by atoms with Gasteiger partial charge in [-0.2, -0.15) is 5.10 Å². The number of fused-ring (bicyclic) bond motifs is 1. The molecular formula is C42H33N5O3. The summed E-state index contributed by atoms with van der Waals surface area (Å²) in [5.41, 5.74) is 4.83. The van der Waals surface area contributed by atoms with Crippen LogP contribution in [0.4, 0.5) is 5.69 Å². The second kappa shape index (κ2) is 13.8. The third kappa shape index (κ3) is 5.95. The topological polar surface area (TPSA) is 103 Å². The van der Waals surface area contributed by atoms with Gasteiger partial charge in [0.25, 0.3) is 5.69 Å². The van der Waals surface area contributed by atoms with Gasteiger partial charge in [-0.1, -0.05) is 121 Å². The second-order valence-corrected chi connectivity index (χ2v) is 12.0. The Bertz CT molecular complexity index is 2190. The van der Waals surface area contributed by atoms with Crippen LogP contribution in [0.3, 0.4) is 0 Å². The lowest BCUT2D eigenvalue weighted by Gasteiger charge is -2.37. The Hall–Kier alpha value is -6.67. The molecule has 1 amide bonds. The average molecular weight is 656 g/mol. The summed E-state index contributed by atoms with van der Waals surface area (Å²) >= 11 is 0. The average Bonchev–Trinajstić information content (AvgIpc) is 3.54. The summed E-state index contributed by atoms with van der Waals surface area (Å²) in [5.74, 6) is -0.364. The lowest BCUT2D eigenvalue weighted by molar-refractivity contribution is -0.385. The number of hydrogen-bond donors (Lipinski definition) is 1. The van der Waals surface area contributed by atoms with Gasteiger partial charge in [0.2, 0.25) is 5.91 Å². The summed E-state index contributed by atoms with van der Waals surface area (Å²) in [7, 11) is 0. The highest BCUT2D eigenvalue weighted by Crippen LogP contribution is 2.45. The van der Waals surface area contributed by atoms with Crippen LogP contribution in [-0.2, 0) is 10.3 Å². The predicted octanol–water partition coefficient (Wildman–Crippen LogP) is 8.74. The Labute approximate surface area is 289 Å². The number of nitrogens with one attached hydrogen (secondary N) is 1. The summed E-state index contributed by atoms with van der Waals surface area (Å²) in [6, 6.07) is 46.6. The molecule has 0 saturated heterocycles. The SMILES string of the molecule is C[C@@H](NC(=O)C=Cc1cc2c(-c3ccncc3)nn(C(c3ccccc3)(c3ccccc3)c3ccccc3)c2cc1[N+](=O)[O-])c1ccccc1. The van der Waals surface area contributed by atoms with Gasteiger partial charge in [-0.25, -0.2) is 4.68 Å². The Morgan fingerprint density at radius 3 is 1.82 bits per heavy atom. The molecule has 50 heavy (non-hydrogen) atoms. The van der Waals surface area contributed by atoms with Gasteiger partial charge in [0.1, 0.15) is 11.2 Å². The highest BCUT2D eigenvalue weighted by atomic mass is 16.6. The van der Waals surface area contributed by atoms with Crippen molar-refractivity contribution in [2.45, 2.75) is 18.5 Å². The molecule has 5 aromatic carbocycles. The molecule has 7 rings (SSSR count). The summed E-state index contributed by atoms with van der Waals surface area (Å²) in [6.07, 6.45) is 6.23. The van der Waals surface area contributed by atoms with Crippen molar-refractivity contribution in [2.75, 3.05) is 0 Å². The highest BCUT2D eigenvalue weighted by Gasteiger charge is 2.41. The monoisotopic (exact) mass is 655 g/mol. The highest BCUT2D eigenvalue weighted by molar-refractivity contribution is 5.99. The first kappa shape index (κ1) is 31.9. The van der Waals surface area contributed by atoms with Crippen molar-refractivity contribution in [1.82, 2.24) is 20.1 Å². The zero-order valence-electron chi connectivity index (χ0n) is 27.3. The zero-order chi connectivity index (χ0) is 34.5. The number of nitro benzene ring substituents is 1. The van der Waals surface area contributed by atoms with E-state index in [9.17, 15) is 14.9 Å². The molecule has 0 fully saturated rings. The summed E-state index contributed by atoms with van der Waals surface area (Å²) < 4.78 is 1.91. The number of nitrogens with zero attached hydrogens (tertiary/aromatic N) is 4. The molecule has 1 N–H and O–H groups in total. The van der Waals surface area contributed by atoms with Gasteiger partial charge in [-0.3, -0.25) is 19.9 Å². The first-order chi connectivity index (χ1) is 24.5. The lowest BCUT2D eigenvalue weighted by atomic mass is 9.77. The number of carbonyl (C=O) groups excluding carboxylic acids is 1. The van der Waals surface area contributed by atoms with E-state index in [1.807, 2.05) is 109 Å². The van der Waals surface area contributed by atoms with Crippen molar-refractivity contribution >= 4 is 28.6 Å². The molecule has 0 aliphatic heterocycles. The standard InChI is InChI=1S/C42H33N5O3/c1-30(31-14-6-2-7-15-31)44-40(48)23-22-33-28-37-39(29-38(33)47(49)50)46(45-41(37)32-24-26-43-27-25-32)42(34-16-8-3-9-17-34,35-18-10-4-11-19-35)36-20-12-5-13-21-36/h2-30H,1H3,(H,44,48)/t30-/m1/s1. The van der Waals surface area contributed by atoms with E-state index >= 15 is 0 Å². The van der Waals surface area contributed by atoms with Crippen LogP contribution >= 0.6 is 0 Å². The molecule has 0 aliphatic carbocycles. The van der Waals surface area contributed by atoms with Gasteiger partial charge in [-0.05, 0) is 53.5 Å². The van der Waals surface area contributed by atoms with E-state index in [-0.39, 0.29) is 23.2 Å². The van der Waals surface area contributed by atoms with Crippen molar-refractivity contribution in [3.63, 3.8) is 0 Å². The molecule has 0 saturated carbocycles. The van der Waals surface area contributed by atoms with Crippen LogP contribution in [0.15, 0.2) is 164 Å². The number of nitro groups is 1. The van der Waals surface area contributed by atoms with Crippen LogP contribution in [0.5, 0.6) is 0 Å². The van der Waals surface area contributed by atoms with E-state index in [1.165, 1.54) is 12.2 Å². The van der Waals surface area contributed by atoms with Gasteiger partial charge in [0.05, 0.1) is 22.0 Å². The van der Waals surface area contributed by atoms with E-state index in [4.69, 9.17) is 5.10 Å². The van der Waals surface area contributed by atoms with Gasteiger partial charge in [-0.15, -0.1) is 0 Å². The minimum Gasteiger partial charge on any atom is -0.346 e. The molecule has 7 aromatic rings. The largest absolute Gasteiger partial charge is 0.346 e. The Balaban J connectivity index is 1.48. The summed E-state index contributed by atoms with van der Waals surface area (Å²) in [6.45, 7) is 1.89. The molecule has 0 aliphatic rings. The number of amides is 1. The first-order valence-corrected chi connectivity index (χ1v) is 16.3. The molecule has 8 nitrogen and oxygen atoms in total. The van der Waals surface area contributed by atoms with Gasteiger partial charge < -0.3 is 5.32 Å². The van der Waals surface area contributed by atoms with Gasteiger partial charge in [0, 0.05) is 35.5 Å². The fourth-order valence-corrected chi connectivity index (χ4v) is 6.59. The summed E-state index contributed by atoms with van der Waals surface area (Å²) in [5, 5.41) is 21.7. The molecule has 1 atom stereocenters. The van der Waals surface area contributed by atoms with Crippen LogP contribution in [0, 0.1) is 10.1 Å². The van der Waals surface area contributed by atoms with Crippen molar-refractivity contribution in [3.8, 4) is 11.3 Å². The number of pyridine rings is 1. The second-order valence-electron chi connectivity index (χ2n) is 12.0. The van der Waals surface area contributed by atoms with E-state index in [0.29, 0.717) is 16.6 Å². The van der Waals surface area contributed by atoms with E-state index in [2.05, 4.69) is 46.7 Å². The van der Waals surface area contributed by atoms with Crippen molar-refractivity contribution in [3.05, 3.63) is 202 Å². The van der Waals surface area contributed by atoms with Gasteiger partial charge >= 0.3 is 0 Å². The number of carbonyl (C=O) groups is 1. The van der Waals surface area contributed by atoms with E-state index in [1.54, 1.807) is 24.5 Å². The van der Waals surface area contributed by atoms with Crippen LogP contribution in [-0.4, -0.2) is 25.6 Å². The first-order valence-electron chi connectivity index (χ1n) is 16.3. The smallest absolute Gasteiger partial charge is 0.278 e. The molecule has 0 bridgehead atoms. The zero-order valence-corrected chi connectivity index (χ0v) is 27.3. The quantitative estimate of drug-likeness (QED) is 0.0687. The number of benzene rings is 5. The fraction of sp³-hybridized carbons (Fsp3) is 0.0714. The third-order valence-corrected chi connectivity index (χ3v) is 8.94. The summed E-state index contributed by atoms with van der Waals surface area (Å²) in [4.78, 5) is 29.6. The van der Waals surface area contributed by atoms with E-state index in [0.717, 1.165) is 27.8 Å². The maximum atomic E-state index is 13.0. The van der Waals surface area contributed by atoms with Crippen molar-refractivity contribution < 1.29 is 9.72 Å². The minimum atomic E-state index is -1.02. The van der Waals surface area contributed by atoms with Crippen LogP contribution in [0.1, 0.15) is 40.8 Å². The molecule has 0 radical (unpaired) electrons. The molecule has 2 aromatic heterocycles. The maximum Gasteiger partial charge on any atom is 0.278 e. The number of hydrogen-bond acceptors (Lipinski definition) is 5. The van der Waals surface area contributed by atoms with Gasteiger partial charge in [0.15, 0.2) is 0 Å². The predicted molar refractivity (Wildman–Crippen MR) is 196 cm³/mol. The Kier molecular flexibility index (Phi) is 8.82. The molecule has 0 spiro atoms. The third-order valence-electron chi connectivity index (χ3n) is 8.94. The normalized spacial score (nSPS) is 12.2. The van der Waals surface area contributed by atoms with Crippen LogP contribution < -0.4 is 5.32 Å². The molecular weight excluding hydrogens is 622 g/mol. The molecule has 2 heterocycles. The minimum absolute atomic E-state index is 0.150. The van der Waals surface area contributed by atoms with Crippen molar-refractivity contribution in [1.29, 1.82) is 0 Å². The maximum absolute atomic E-state index is 13.0. The number of aromatic nitrogens is 3. The number of rotatable bonds is 10. The Morgan fingerprint density at radius 1 is 0.780 bits per heavy atom.